The van der Waals surface area contributed by atoms with Crippen LogP contribution in [0.5, 0.6) is 0 Å². The lowest BCUT2D eigenvalue weighted by atomic mass is 10.1. The van der Waals surface area contributed by atoms with Gasteiger partial charge in [-0.25, -0.2) is 19.4 Å². The van der Waals surface area contributed by atoms with Crippen LogP contribution in [0.2, 0.25) is 0 Å². The fraction of sp³-hybridized carbons (Fsp3) is 0.526. The first-order valence-corrected chi connectivity index (χ1v) is 8.44. The van der Waals surface area contributed by atoms with E-state index in [1.54, 1.807) is 6.08 Å². The number of hydrogen-bond acceptors (Lipinski definition) is 8. The van der Waals surface area contributed by atoms with Gasteiger partial charge in [-0.2, -0.15) is 0 Å². The Kier molecular flexibility index (Phi) is 8.90. The van der Waals surface area contributed by atoms with Gasteiger partial charge in [0.1, 0.15) is 31.8 Å². The number of ether oxygens (including phenoxy) is 3. The molecule has 0 radical (unpaired) electrons. The fourth-order valence-electron chi connectivity index (χ4n) is 2.14. The monoisotopic (exact) mass is 382 g/mol. The highest BCUT2D eigenvalue weighted by molar-refractivity contribution is 5.87. The average Bonchev–Trinajstić information content (AvgIpc) is 3.35. The standard InChI is InChI=1S/C19H26O8/c1-6-15-11-19(15,12-27-26-10-9-24-17(21)14(4)5)18(22)25-8-7-23-16(20)13(2)3/h6,15H,1-2,4,7-12H2,3,5H3. The van der Waals surface area contributed by atoms with Gasteiger partial charge in [-0.15, -0.1) is 6.58 Å². The van der Waals surface area contributed by atoms with E-state index in [9.17, 15) is 14.4 Å². The van der Waals surface area contributed by atoms with Gasteiger partial charge in [-0.1, -0.05) is 19.2 Å². The van der Waals surface area contributed by atoms with E-state index in [1.807, 2.05) is 0 Å². The van der Waals surface area contributed by atoms with E-state index in [1.165, 1.54) is 13.8 Å². The molecule has 1 aliphatic rings. The molecule has 0 aliphatic heterocycles. The molecule has 1 fully saturated rings. The molecule has 2 unspecified atom stereocenters. The first kappa shape index (κ1) is 22.6. The minimum atomic E-state index is -0.867. The molecule has 0 bridgehead atoms. The van der Waals surface area contributed by atoms with E-state index in [4.69, 9.17) is 24.0 Å². The summed E-state index contributed by atoms with van der Waals surface area (Å²) in [5.74, 6) is -1.62. The molecular formula is C19H26O8. The first-order valence-electron chi connectivity index (χ1n) is 8.44. The van der Waals surface area contributed by atoms with E-state index in [0.29, 0.717) is 12.0 Å². The van der Waals surface area contributed by atoms with Crippen LogP contribution in [0.15, 0.2) is 37.0 Å². The fourth-order valence-corrected chi connectivity index (χ4v) is 2.14. The summed E-state index contributed by atoms with van der Waals surface area (Å²) in [6.07, 6.45) is 2.18. The Labute approximate surface area is 158 Å². The number of rotatable bonds is 13. The highest BCUT2D eigenvalue weighted by atomic mass is 17.2. The van der Waals surface area contributed by atoms with Gasteiger partial charge in [-0.05, 0) is 26.2 Å². The predicted molar refractivity (Wildman–Crippen MR) is 95.1 cm³/mol. The smallest absolute Gasteiger partial charge is 0.333 e. The summed E-state index contributed by atoms with van der Waals surface area (Å²) in [6.45, 7) is 13.5. The number of allylic oxidation sites excluding steroid dienone is 1. The number of esters is 3. The molecule has 8 nitrogen and oxygen atoms in total. The lowest BCUT2D eigenvalue weighted by Gasteiger charge is -2.15. The quantitative estimate of drug-likeness (QED) is 0.0906. The van der Waals surface area contributed by atoms with Crippen LogP contribution in [0, 0.1) is 11.3 Å². The summed E-state index contributed by atoms with van der Waals surface area (Å²) in [5.41, 5.74) is -0.307. The second-order valence-corrected chi connectivity index (χ2v) is 6.26. The van der Waals surface area contributed by atoms with Crippen molar-refractivity contribution in [3.8, 4) is 0 Å². The van der Waals surface area contributed by atoms with Crippen molar-refractivity contribution in [3.63, 3.8) is 0 Å². The Morgan fingerprint density at radius 3 is 1.93 bits per heavy atom. The van der Waals surface area contributed by atoms with Crippen molar-refractivity contribution in [1.82, 2.24) is 0 Å². The maximum Gasteiger partial charge on any atom is 0.333 e. The van der Waals surface area contributed by atoms with Crippen molar-refractivity contribution in [1.29, 1.82) is 0 Å². The largest absolute Gasteiger partial charge is 0.462 e. The molecule has 0 saturated heterocycles. The van der Waals surface area contributed by atoms with E-state index in [-0.39, 0.29) is 44.5 Å². The Hall–Kier alpha value is -2.45. The van der Waals surface area contributed by atoms with Crippen LogP contribution < -0.4 is 0 Å². The van der Waals surface area contributed by atoms with Crippen LogP contribution in [0.4, 0.5) is 0 Å². The molecule has 27 heavy (non-hydrogen) atoms. The van der Waals surface area contributed by atoms with Gasteiger partial charge in [-0.3, -0.25) is 4.79 Å². The van der Waals surface area contributed by atoms with E-state index < -0.39 is 23.3 Å². The summed E-state index contributed by atoms with van der Waals surface area (Å²) in [6, 6.07) is 0. The van der Waals surface area contributed by atoms with E-state index in [2.05, 4.69) is 19.7 Å². The van der Waals surface area contributed by atoms with Gasteiger partial charge in [0, 0.05) is 11.1 Å². The average molecular weight is 382 g/mol. The number of carbonyl (C=O) groups is 3. The van der Waals surface area contributed by atoms with Crippen LogP contribution in [0.1, 0.15) is 20.3 Å². The van der Waals surface area contributed by atoms with Gasteiger partial charge >= 0.3 is 17.9 Å². The molecule has 1 aliphatic carbocycles. The summed E-state index contributed by atoms with van der Waals surface area (Å²) in [4.78, 5) is 44.8. The molecule has 0 aromatic carbocycles. The van der Waals surface area contributed by atoms with Crippen molar-refractivity contribution < 1.29 is 38.4 Å². The van der Waals surface area contributed by atoms with Crippen LogP contribution in [-0.2, 0) is 38.4 Å². The van der Waals surface area contributed by atoms with Crippen molar-refractivity contribution >= 4 is 17.9 Å². The van der Waals surface area contributed by atoms with Crippen LogP contribution in [0.3, 0.4) is 0 Å². The number of carbonyl (C=O) groups excluding carboxylic acids is 3. The summed E-state index contributed by atoms with van der Waals surface area (Å²) < 4.78 is 14.9. The minimum Gasteiger partial charge on any atom is -0.462 e. The summed E-state index contributed by atoms with van der Waals surface area (Å²) in [7, 11) is 0. The van der Waals surface area contributed by atoms with E-state index >= 15 is 0 Å². The van der Waals surface area contributed by atoms with Crippen LogP contribution in [0.25, 0.3) is 0 Å². The van der Waals surface area contributed by atoms with Crippen molar-refractivity contribution in [2.75, 3.05) is 33.0 Å². The number of hydrogen-bond donors (Lipinski definition) is 0. The molecule has 1 saturated carbocycles. The summed E-state index contributed by atoms with van der Waals surface area (Å²) >= 11 is 0. The zero-order valence-corrected chi connectivity index (χ0v) is 15.8. The predicted octanol–water partition coefficient (Wildman–Crippen LogP) is 1.91. The van der Waals surface area contributed by atoms with Gasteiger partial charge in [0.05, 0.1) is 6.61 Å². The Bertz CT molecular complexity index is 609. The highest BCUT2D eigenvalue weighted by Crippen LogP contribution is 2.54. The van der Waals surface area contributed by atoms with Crippen molar-refractivity contribution in [2.45, 2.75) is 20.3 Å². The zero-order valence-electron chi connectivity index (χ0n) is 15.8. The lowest BCUT2D eigenvalue weighted by Crippen LogP contribution is -2.28. The first-order chi connectivity index (χ1) is 12.7. The van der Waals surface area contributed by atoms with Gasteiger partial charge in [0.2, 0.25) is 0 Å². The summed E-state index contributed by atoms with van der Waals surface area (Å²) in [5, 5.41) is 0. The van der Waals surface area contributed by atoms with Gasteiger partial charge < -0.3 is 14.2 Å². The normalized spacial score (nSPS) is 20.3. The minimum absolute atomic E-state index is 0.00210. The third kappa shape index (κ3) is 6.99. The van der Waals surface area contributed by atoms with E-state index in [0.717, 1.165) is 0 Å². The molecule has 0 aromatic rings. The lowest BCUT2D eigenvalue weighted by molar-refractivity contribution is -0.306. The van der Waals surface area contributed by atoms with Gasteiger partial charge in [0.25, 0.3) is 0 Å². The third-order valence-corrected chi connectivity index (χ3v) is 3.87. The maximum absolute atomic E-state index is 12.3. The molecule has 0 N–H and O–H groups in total. The molecule has 0 spiro atoms. The maximum atomic E-state index is 12.3. The topological polar surface area (TPSA) is 97.4 Å². The second kappa shape index (κ2) is 10.6. The SMILES string of the molecule is C=CC1CC1(COOCCOC(=O)C(=C)C)C(=O)OCCOC(=O)C(=C)C. The molecule has 0 heterocycles. The Morgan fingerprint density at radius 2 is 1.44 bits per heavy atom. The molecule has 0 aromatic heterocycles. The molecule has 0 amide bonds. The molecule has 8 heteroatoms. The van der Waals surface area contributed by atoms with Gasteiger partial charge in [0.15, 0.2) is 0 Å². The van der Waals surface area contributed by atoms with Crippen molar-refractivity contribution in [3.05, 3.63) is 37.0 Å². The molecule has 2 atom stereocenters. The highest BCUT2D eigenvalue weighted by Gasteiger charge is 2.60. The Balaban J connectivity index is 2.30. The van der Waals surface area contributed by atoms with Crippen LogP contribution >= 0.6 is 0 Å². The van der Waals surface area contributed by atoms with Crippen molar-refractivity contribution in [2.24, 2.45) is 11.3 Å². The Morgan fingerprint density at radius 1 is 0.926 bits per heavy atom. The third-order valence-electron chi connectivity index (χ3n) is 3.87. The molecule has 1 rings (SSSR count). The molecular weight excluding hydrogens is 356 g/mol. The van der Waals surface area contributed by atoms with Crippen LogP contribution in [-0.4, -0.2) is 50.9 Å². The zero-order chi connectivity index (χ0) is 20.4. The molecule has 150 valence electrons. The second-order valence-electron chi connectivity index (χ2n) is 6.26.